The Bertz CT molecular complexity index is 2690. The molecule has 0 atom stereocenters. The fourth-order valence-electron chi connectivity index (χ4n) is 10.1. The first-order valence-electron chi connectivity index (χ1n) is 24.4. The Kier molecular flexibility index (Phi) is 15.0. The zero-order chi connectivity index (χ0) is 47.0. The molecule has 354 valence electrons. The molecule has 0 saturated carbocycles. The van der Waals surface area contributed by atoms with Gasteiger partial charge in [0.05, 0.1) is 17.5 Å². The summed E-state index contributed by atoms with van der Waals surface area (Å²) < 4.78 is 6.90. The number of oxazole rings is 1. The Morgan fingerprint density at radius 1 is 0.765 bits per heavy atom. The molecule has 3 aromatic heterocycles. The maximum Gasteiger partial charge on any atom is 0.190 e. The molecular formula is C56H66N8O3S. The van der Waals surface area contributed by atoms with E-state index in [2.05, 4.69) is 103 Å². The number of aromatic hydroxyl groups is 1. The van der Waals surface area contributed by atoms with Crippen LogP contribution in [-0.2, 0) is 19.4 Å². The average Bonchev–Trinajstić information content (AvgIpc) is 4.02. The van der Waals surface area contributed by atoms with Crippen LogP contribution in [0.1, 0.15) is 87.4 Å². The molecule has 11 nitrogen and oxygen atoms in total. The summed E-state index contributed by atoms with van der Waals surface area (Å²) in [6.07, 6.45) is 9.84. The SMILES string of the molecule is Cc1ncco1.Cc1sc2c(c1C)C(c1ccc(N3CC(CN4CCC(O)(CN5CC(c6ccccc6)C5)CC4)C3)cc1)=NCc1nnc(C)n1-2.Oc1ccc2c(c1)CCCC2.c1ccccc1. The third-order valence-corrected chi connectivity index (χ3v) is 15.3. The number of hydrogen-bond acceptors (Lipinski definition) is 11. The molecule has 4 aliphatic heterocycles. The van der Waals surface area contributed by atoms with Gasteiger partial charge < -0.3 is 24.4 Å². The maximum atomic E-state index is 11.3. The van der Waals surface area contributed by atoms with Gasteiger partial charge in [-0.15, -0.1) is 21.5 Å². The fourth-order valence-corrected chi connectivity index (χ4v) is 11.4. The molecule has 0 spiro atoms. The van der Waals surface area contributed by atoms with Crippen LogP contribution in [-0.4, -0.2) is 103 Å². The Balaban J connectivity index is 0.000000203. The summed E-state index contributed by atoms with van der Waals surface area (Å²) in [4.78, 5) is 17.6. The van der Waals surface area contributed by atoms with Crippen molar-refractivity contribution in [3.63, 3.8) is 0 Å². The minimum absolute atomic E-state index is 0.408. The highest BCUT2D eigenvalue weighted by Gasteiger charge is 2.39. The number of aliphatic hydroxyl groups is 1. The number of aromatic nitrogens is 4. The summed E-state index contributed by atoms with van der Waals surface area (Å²) in [7, 11) is 0. The number of anilines is 1. The Labute approximate surface area is 405 Å². The van der Waals surface area contributed by atoms with E-state index in [0.717, 1.165) is 100 Å². The van der Waals surface area contributed by atoms with Crippen LogP contribution >= 0.6 is 11.3 Å². The number of phenolic OH excluding ortho intramolecular Hbond substituents is 1. The van der Waals surface area contributed by atoms with Crippen molar-refractivity contribution in [3.05, 3.63) is 177 Å². The lowest BCUT2D eigenvalue weighted by molar-refractivity contribution is -0.0620. The van der Waals surface area contributed by atoms with Gasteiger partial charge in [0.15, 0.2) is 11.7 Å². The van der Waals surface area contributed by atoms with Gasteiger partial charge in [-0.1, -0.05) is 84.9 Å². The Morgan fingerprint density at radius 2 is 1.44 bits per heavy atom. The normalized spacial score (nSPS) is 17.7. The number of benzene rings is 4. The van der Waals surface area contributed by atoms with Crippen LogP contribution in [0.4, 0.5) is 5.69 Å². The summed E-state index contributed by atoms with van der Waals surface area (Å²) in [6, 6.07) is 37.5. The second-order valence-corrected chi connectivity index (χ2v) is 20.3. The van der Waals surface area contributed by atoms with Crippen molar-refractivity contribution in [3.8, 4) is 10.8 Å². The lowest BCUT2D eigenvalue weighted by Gasteiger charge is -2.48. The fraction of sp³-hybridized carbons (Fsp3) is 0.393. The maximum absolute atomic E-state index is 11.3. The molecule has 3 saturated heterocycles. The highest BCUT2D eigenvalue weighted by atomic mass is 32.1. The lowest BCUT2D eigenvalue weighted by Crippen LogP contribution is -2.57. The number of nitrogens with zero attached hydrogens (tertiary/aromatic N) is 8. The largest absolute Gasteiger partial charge is 0.508 e. The van der Waals surface area contributed by atoms with Crippen LogP contribution in [0.3, 0.4) is 0 Å². The van der Waals surface area contributed by atoms with Crippen LogP contribution < -0.4 is 4.90 Å². The quantitative estimate of drug-likeness (QED) is 0.161. The van der Waals surface area contributed by atoms with Crippen LogP contribution in [0.5, 0.6) is 5.75 Å². The molecule has 0 unspecified atom stereocenters. The number of aliphatic imine (C=N–C) groups is 1. The summed E-state index contributed by atoms with van der Waals surface area (Å²) >= 11 is 1.80. The van der Waals surface area contributed by atoms with Crippen molar-refractivity contribution < 1.29 is 14.6 Å². The molecule has 3 fully saturated rings. The number of phenols is 1. The molecule has 5 aliphatic rings. The predicted octanol–water partition coefficient (Wildman–Crippen LogP) is 9.91. The monoisotopic (exact) mass is 930 g/mol. The molecule has 0 radical (unpaired) electrons. The predicted molar refractivity (Wildman–Crippen MR) is 274 cm³/mol. The third kappa shape index (κ3) is 11.3. The van der Waals surface area contributed by atoms with Gasteiger partial charge in [-0.3, -0.25) is 14.5 Å². The zero-order valence-electron chi connectivity index (χ0n) is 40.1. The Hall–Kier alpha value is -5.92. The van der Waals surface area contributed by atoms with Crippen LogP contribution in [0.25, 0.3) is 5.00 Å². The smallest absolute Gasteiger partial charge is 0.190 e. The molecule has 12 rings (SSSR count). The number of rotatable bonds is 7. The van der Waals surface area contributed by atoms with Crippen molar-refractivity contribution in [1.29, 1.82) is 0 Å². The Morgan fingerprint density at radius 3 is 2.09 bits per heavy atom. The molecule has 7 aromatic rings. The van der Waals surface area contributed by atoms with E-state index >= 15 is 0 Å². The standard InChI is InChI=1S/C36H43N7OS.C10H12O.C6H6.C4H5NO/c1-24-25(2)45-35-33(24)34(37-17-32-39-38-26(3)43(32)35)29-9-11-31(12-10-29)42-19-27(20-42)18-40-15-13-36(44,14-16-40)23-41-21-30(22-41)28-7-5-4-6-8-28;11-10-6-5-8-3-1-2-4-9(8)7-10;1-2-4-6-5-3-1;1-4-5-2-3-6-4/h4-12,27,30,44H,13-23H2,1-3H3;5-7,11H,1-4H2;1-6H;2-3H,1H3. The number of piperidine rings is 1. The summed E-state index contributed by atoms with van der Waals surface area (Å²) in [5.74, 6) is 4.24. The molecule has 68 heavy (non-hydrogen) atoms. The van der Waals surface area contributed by atoms with Gasteiger partial charge in [0.2, 0.25) is 0 Å². The van der Waals surface area contributed by atoms with E-state index in [1.165, 1.54) is 62.6 Å². The first-order chi connectivity index (χ1) is 33.1. The van der Waals surface area contributed by atoms with Gasteiger partial charge in [0.1, 0.15) is 29.4 Å². The number of β-amino-alcohol motifs (C(OH)–C–C–N with tert-alkyl or cyclic N) is 1. The first kappa shape index (κ1) is 47.2. The van der Waals surface area contributed by atoms with Gasteiger partial charge in [-0.05, 0) is 106 Å². The second-order valence-electron chi connectivity index (χ2n) is 19.1. The van der Waals surface area contributed by atoms with Gasteiger partial charge in [-0.2, -0.15) is 0 Å². The first-order valence-corrected chi connectivity index (χ1v) is 25.2. The second kappa shape index (κ2) is 21.6. The van der Waals surface area contributed by atoms with Crippen molar-refractivity contribution in [1.82, 2.24) is 29.5 Å². The van der Waals surface area contributed by atoms with E-state index in [1.54, 1.807) is 36.8 Å². The topological polar surface area (TPSA) is 119 Å². The van der Waals surface area contributed by atoms with E-state index in [9.17, 15) is 10.2 Å². The van der Waals surface area contributed by atoms with Crippen molar-refractivity contribution >= 4 is 22.7 Å². The van der Waals surface area contributed by atoms with E-state index < -0.39 is 5.60 Å². The number of aryl methyl sites for hydroxylation is 5. The molecule has 4 aromatic carbocycles. The molecule has 0 amide bonds. The lowest BCUT2D eigenvalue weighted by atomic mass is 9.85. The van der Waals surface area contributed by atoms with Gasteiger partial charge in [0, 0.05) is 92.8 Å². The summed E-state index contributed by atoms with van der Waals surface area (Å²) in [6.45, 7) is 17.0. The molecule has 0 bridgehead atoms. The van der Waals surface area contributed by atoms with Gasteiger partial charge in [-0.25, -0.2) is 4.98 Å². The molecule has 2 N–H and O–H groups in total. The van der Waals surface area contributed by atoms with E-state index in [0.29, 0.717) is 24.1 Å². The average molecular weight is 931 g/mol. The highest BCUT2D eigenvalue weighted by molar-refractivity contribution is 7.15. The van der Waals surface area contributed by atoms with Gasteiger partial charge >= 0.3 is 0 Å². The number of likely N-dealkylation sites (tertiary alicyclic amines) is 2. The minimum Gasteiger partial charge on any atom is -0.508 e. The van der Waals surface area contributed by atoms with Crippen LogP contribution in [0.15, 0.2) is 131 Å². The number of thiophene rings is 1. The third-order valence-electron chi connectivity index (χ3n) is 14.1. The molecule has 12 heteroatoms. The zero-order valence-corrected chi connectivity index (χ0v) is 40.9. The van der Waals surface area contributed by atoms with E-state index in [1.807, 2.05) is 55.5 Å². The highest BCUT2D eigenvalue weighted by Crippen LogP contribution is 2.37. The summed E-state index contributed by atoms with van der Waals surface area (Å²) in [5, 5.41) is 30.4. The number of hydrogen-bond donors (Lipinski definition) is 2. The molecule has 1 aliphatic carbocycles. The van der Waals surface area contributed by atoms with Crippen LogP contribution in [0, 0.1) is 33.6 Å². The van der Waals surface area contributed by atoms with Crippen molar-refractivity contribution in [2.24, 2.45) is 10.9 Å². The molecular weight excluding hydrogens is 865 g/mol. The van der Waals surface area contributed by atoms with Gasteiger partial charge in [0.25, 0.3) is 0 Å². The van der Waals surface area contributed by atoms with Crippen LogP contribution in [0.2, 0.25) is 0 Å². The van der Waals surface area contributed by atoms with E-state index in [4.69, 9.17) is 9.41 Å². The van der Waals surface area contributed by atoms with Crippen molar-refractivity contribution in [2.75, 3.05) is 57.3 Å². The number of fused-ring (bicyclic) bond motifs is 4. The van der Waals surface area contributed by atoms with Crippen molar-refractivity contribution in [2.45, 2.75) is 84.3 Å². The van der Waals surface area contributed by atoms with E-state index in [-0.39, 0.29) is 0 Å². The molecule has 7 heterocycles. The minimum atomic E-state index is -0.537. The summed E-state index contributed by atoms with van der Waals surface area (Å²) in [5.41, 5.74) is 9.66.